The standard InChI is InChI=1S/C23H24O4S/c1-19-13-15-22(16-14-19)28(24,25)27-18-8-17-26-23(20-9-4-2-5-10-20)21-11-6-3-7-12-21/h2-7,9-16,23H,8,17-18H2,1H3. The molecule has 3 aromatic rings. The highest BCUT2D eigenvalue weighted by Gasteiger charge is 2.16. The van der Waals surface area contributed by atoms with Crippen molar-refractivity contribution < 1.29 is 17.3 Å². The molecule has 0 aromatic heterocycles. The molecule has 5 heteroatoms. The highest BCUT2D eigenvalue weighted by Crippen LogP contribution is 2.26. The lowest BCUT2D eigenvalue weighted by atomic mass is 10.0. The van der Waals surface area contributed by atoms with Crippen LogP contribution in [-0.4, -0.2) is 21.6 Å². The molecule has 3 rings (SSSR count). The smallest absolute Gasteiger partial charge is 0.296 e. The van der Waals surface area contributed by atoms with Crippen molar-refractivity contribution in [2.75, 3.05) is 13.2 Å². The summed E-state index contributed by atoms with van der Waals surface area (Å²) in [6.07, 6.45) is 0.275. The van der Waals surface area contributed by atoms with Crippen molar-refractivity contribution in [3.63, 3.8) is 0 Å². The van der Waals surface area contributed by atoms with Crippen molar-refractivity contribution >= 4 is 10.1 Å². The average Bonchev–Trinajstić information content (AvgIpc) is 2.72. The number of aryl methyl sites for hydroxylation is 1. The molecule has 0 atom stereocenters. The molecule has 0 unspecified atom stereocenters. The molecule has 0 aliphatic heterocycles. The molecule has 0 fully saturated rings. The lowest BCUT2D eigenvalue weighted by Crippen LogP contribution is -2.12. The highest BCUT2D eigenvalue weighted by molar-refractivity contribution is 7.86. The van der Waals surface area contributed by atoms with E-state index in [4.69, 9.17) is 8.92 Å². The molecule has 4 nitrogen and oxygen atoms in total. The maximum Gasteiger partial charge on any atom is 0.296 e. The van der Waals surface area contributed by atoms with Gasteiger partial charge in [-0.25, -0.2) is 0 Å². The van der Waals surface area contributed by atoms with Gasteiger partial charge in [-0.05, 0) is 36.6 Å². The first-order valence-electron chi connectivity index (χ1n) is 9.24. The summed E-state index contributed by atoms with van der Waals surface area (Å²) >= 11 is 0. The van der Waals surface area contributed by atoms with E-state index in [9.17, 15) is 8.42 Å². The number of hydrogen-bond donors (Lipinski definition) is 0. The van der Waals surface area contributed by atoms with Gasteiger partial charge in [0.1, 0.15) is 6.10 Å². The summed E-state index contributed by atoms with van der Waals surface area (Å²) in [5.41, 5.74) is 3.11. The Kier molecular flexibility index (Phi) is 6.98. The minimum Gasteiger partial charge on any atom is -0.369 e. The Morgan fingerprint density at radius 2 is 1.29 bits per heavy atom. The van der Waals surface area contributed by atoms with Crippen LogP contribution in [0.3, 0.4) is 0 Å². The van der Waals surface area contributed by atoms with E-state index in [0.717, 1.165) is 16.7 Å². The fraction of sp³-hybridized carbons (Fsp3) is 0.217. The third-order valence-electron chi connectivity index (χ3n) is 4.33. The zero-order valence-electron chi connectivity index (χ0n) is 15.8. The van der Waals surface area contributed by atoms with Crippen molar-refractivity contribution in [1.29, 1.82) is 0 Å². The molecule has 0 aliphatic rings. The summed E-state index contributed by atoms with van der Waals surface area (Å²) in [5, 5.41) is 0. The van der Waals surface area contributed by atoms with E-state index in [0.29, 0.717) is 13.0 Å². The molecule has 0 spiro atoms. The molecule has 0 saturated heterocycles. The lowest BCUT2D eigenvalue weighted by molar-refractivity contribution is 0.0709. The third kappa shape index (κ3) is 5.52. The van der Waals surface area contributed by atoms with Crippen LogP contribution in [0.2, 0.25) is 0 Å². The molecule has 3 aromatic carbocycles. The summed E-state index contributed by atoms with van der Waals surface area (Å²) in [6, 6.07) is 26.6. The Morgan fingerprint density at radius 3 is 1.82 bits per heavy atom. The Hall–Kier alpha value is -2.47. The monoisotopic (exact) mass is 396 g/mol. The summed E-state index contributed by atoms with van der Waals surface area (Å²) in [4.78, 5) is 0.172. The highest BCUT2D eigenvalue weighted by atomic mass is 32.2. The van der Waals surface area contributed by atoms with E-state index >= 15 is 0 Å². The van der Waals surface area contributed by atoms with E-state index in [1.54, 1.807) is 24.3 Å². The third-order valence-corrected chi connectivity index (χ3v) is 5.65. The first-order valence-corrected chi connectivity index (χ1v) is 10.6. The second kappa shape index (κ2) is 9.64. The van der Waals surface area contributed by atoms with Crippen LogP contribution in [0.1, 0.15) is 29.2 Å². The SMILES string of the molecule is Cc1ccc(S(=O)(=O)OCCCOC(c2ccccc2)c2ccccc2)cc1. The molecular weight excluding hydrogens is 372 g/mol. The molecule has 0 aliphatic carbocycles. The van der Waals surface area contributed by atoms with Gasteiger partial charge in [0, 0.05) is 0 Å². The minimum atomic E-state index is -3.74. The summed E-state index contributed by atoms with van der Waals surface area (Å²) in [5.74, 6) is 0. The molecule has 0 amide bonds. The topological polar surface area (TPSA) is 52.6 Å². The van der Waals surface area contributed by atoms with Crippen LogP contribution in [0.25, 0.3) is 0 Å². The molecule has 0 heterocycles. The number of hydrogen-bond acceptors (Lipinski definition) is 4. The quantitative estimate of drug-likeness (QED) is 0.381. The molecular formula is C23H24O4S. The Balaban J connectivity index is 1.56. The van der Waals surface area contributed by atoms with E-state index in [1.165, 1.54) is 0 Å². The van der Waals surface area contributed by atoms with Gasteiger partial charge in [-0.1, -0.05) is 78.4 Å². The summed E-state index contributed by atoms with van der Waals surface area (Å²) < 4.78 is 35.7. The fourth-order valence-electron chi connectivity index (χ4n) is 2.84. The van der Waals surface area contributed by atoms with Gasteiger partial charge in [-0.3, -0.25) is 4.18 Å². The van der Waals surface area contributed by atoms with Gasteiger partial charge < -0.3 is 4.74 Å². The van der Waals surface area contributed by atoms with E-state index in [1.807, 2.05) is 67.6 Å². The van der Waals surface area contributed by atoms with Gasteiger partial charge in [-0.15, -0.1) is 0 Å². The molecule has 0 radical (unpaired) electrons. The largest absolute Gasteiger partial charge is 0.369 e. The van der Waals surface area contributed by atoms with Crippen LogP contribution in [0.15, 0.2) is 89.8 Å². The lowest BCUT2D eigenvalue weighted by Gasteiger charge is -2.19. The summed E-state index contributed by atoms with van der Waals surface area (Å²) in [6.45, 7) is 2.37. The first-order chi connectivity index (χ1) is 13.6. The number of rotatable bonds is 9. The van der Waals surface area contributed by atoms with Crippen LogP contribution < -0.4 is 0 Å². The normalized spacial score (nSPS) is 11.6. The van der Waals surface area contributed by atoms with Crippen molar-refractivity contribution in [3.05, 3.63) is 102 Å². The molecule has 146 valence electrons. The zero-order valence-corrected chi connectivity index (χ0v) is 16.6. The Labute approximate surface area is 166 Å². The fourth-order valence-corrected chi connectivity index (χ4v) is 3.79. The van der Waals surface area contributed by atoms with Gasteiger partial charge in [0.05, 0.1) is 18.1 Å². The molecule has 0 saturated carbocycles. The number of benzene rings is 3. The predicted molar refractivity (Wildman–Crippen MR) is 110 cm³/mol. The number of ether oxygens (including phenoxy) is 1. The maximum absolute atomic E-state index is 12.2. The first kappa shape index (κ1) is 20.3. The van der Waals surface area contributed by atoms with E-state index in [2.05, 4.69) is 0 Å². The zero-order chi connectivity index (χ0) is 19.8. The van der Waals surface area contributed by atoms with Crippen molar-refractivity contribution in [1.82, 2.24) is 0 Å². The molecule has 28 heavy (non-hydrogen) atoms. The van der Waals surface area contributed by atoms with Crippen LogP contribution in [-0.2, 0) is 19.0 Å². The Bertz CT molecular complexity index is 913. The van der Waals surface area contributed by atoms with Crippen LogP contribution in [0.5, 0.6) is 0 Å². The van der Waals surface area contributed by atoms with Crippen LogP contribution >= 0.6 is 0 Å². The van der Waals surface area contributed by atoms with Crippen molar-refractivity contribution in [2.45, 2.75) is 24.3 Å². The average molecular weight is 397 g/mol. The minimum absolute atomic E-state index is 0.0759. The van der Waals surface area contributed by atoms with E-state index in [-0.39, 0.29) is 17.6 Å². The van der Waals surface area contributed by atoms with Gasteiger partial charge >= 0.3 is 0 Å². The maximum atomic E-state index is 12.2. The van der Waals surface area contributed by atoms with Gasteiger partial charge in [-0.2, -0.15) is 8.42 Å². The summed E-state index contributed by atoms with van der Waals surface area (Å²) in [7, 11) is -3.74. The van der Waals surface area contributed by atoms with Crippen molar-refractivity contribution in [2.24, 2.45) is 0 Å². The predicted octanol–water partition coefficient (Wildman–Crippen LogP) is 4.90. The second-order valence-electron chi connectivity index (χ2n) is 6.51. The van der Waals surface area contributed by atoms with Gasteiger partial charge in [0.25, 0.3) is 10.1 Å². The Morgan fingerprint density at radius 1 is 0.750 bits per heavy atom. The molecule has 0 N–H and O–H groups in total. The van der Waals surface area contributed by atoms with Gasteiger partial charge in [0.2, 0.25) is 0 Å². The van der Waals surface area contributed by atoms with E-state index < -0.39 is 10.1 Å². The van der Waals surface area contributed by atoms with Crippen LogP contribution in [0, 0.1) is 6.92 Å². The molecule has 0 bridgehead atoms. The van der Waals surface area contributed by atoms with Gasteiger partial charge in [0.15, 0.2) is 0 Å². The van der Waals surface area contributed by atoms with Crippen LogP contribution in [0.4, 0.5) is 0 Å². The van der Waals surface area contributed by atoms with Crippen molar-refractivity contribution in [3.8, 4) is 0 Å². The second-order valence-corrected chi connectivity index (χ2v) is 8.13.